The largest absolute Gasteiger partial charge is 0.392 e. The fourth-order valence-corrected chi connectivity index (χ4v) is 2.33. The van der Waals surface area contributed by atoms with Gasteiger partial charge >= 0.3 is 0 Å². The summed E-state index contributed by atoms with van der Waals surface area (Å²) in [6.07, 6.45) is 2.29. The van der Waals surface area contributed by atoms with Crippen LogP contribution in [0.2, 0.25) is 0 Å². The molecule has 0 aromatic heterocycles. The Morgan fingerprint density at radius 2 is 2.13 bits per heavy atom. The zero-order chi connectivity index (χ0) is 10.7. The van der Waals surface area contributed by atoms with E-state index in [0.717, 1.165) is 25.8 Å². The summed E-state index contributed by atoms with van der Waals surface area (Å²) in [4.78, 5) is 0. The van der Waals surface area contributed by atoms with E-state index < -0.39 is 0 Å². The minimum Gasteiger partial charge on any atom is -0.392 e. The molecule has 0 bridgehead atoms. The number of hydrogen-bond donors (Lipinski definition) is 2. The summed E-state index contributed by atoms with van der Waals surface area (Å²) >= 11 is 0. The fourth-order valence-electron chi connectivity index (χ4n) is 2.33. The van der Waals surface area contributed by atoms with E-state index in [1.54, 1.807) is 0 Å². The summed E-state index contributed by atoms with van der Waals surface area (Å²) < 4.78 is 10.7. The molecule has 0 aromatic rings. The Labute approximate surface area is 90.9 Å². The monoisotopic (exact) mass is 215 g/mol. The molecule has 2 N–H and O–H groups in total. The van der Waals surface area contributed by atoms with Gasteiger partial charge in [-0.3, -0.25) is 0 Å². The highest BCUT2D eigenvalue weighted by Crippen LogP contribution is 2.20. The maximum Gasteiger partial charge on any atom is 0.157 e. The Kier molecular flexibility index (Phi) is 3.97. The third kappa shape index (κ3) is 3.14. The van der Waals surface area contributed by atoms with Crippen LogP contribution in [0.5, 0.6) is 0 Å². The van der Waals surface area contributed by atoms with Gasteiger partial charge in [-0.1, -0.05) is 6.92 Å². The molecule has 2 aliphatic heterocycles. The highest BCUT2D eigenvalue weighted by molar-refractivity contribution is 4.84. The maximum absolute atomic E-state index is 9.95. The summed E-state index contributed by atoms with van der Waals surface area (Å²) in [5, 5.41) is 13.3. The van der Waals surface area contributed by atoms with Crippen molar-refractivity contribution in [2.24, 2.45) is 5.92 Å². The number of nitrogens with one attached hydrogen (secondary N) is 1. The zero-order valence-corrected chi connectivity index (χ0v) is 9.32. The Hall–Kier alpha value is -0.160. The van der Waals surface area contributed by atoms with Gasteiger partial charge in [-0.25, -0.2) is 0 Å². The van der Waals surface area contributed by atoms with E-state index in [4.69, 9.17) is 9.47 Å². The maximum atomic E-state index is 9.95. The van der Waals surface area contributed by atoms with Crippen LogP contribution in [0.25, 0.3) is 0 Å². The molecule has 0 aromatic carbocycles. The second kappa shape index (κ2) is 5.25. The lowest BCUT2D eigenvalue weighted by Gasteiger charge is -2.19. The number of aliphatic hydroxyl groups excluding tert-OH is 1. The van der Waals surface area contributed by atoms with Gasteiger partial charge < -0.3 is 19.9 Å². The standard InChI is InChI=1S/C11H21NO3/c1-8-6-9(12-7-8)10(13)2-3-11-14-4-5-15-11/h8-13H,2-7H2,1H3/t8-,9+,10?/m0/s1. The average molecular weight is 215 g/mol. The second-order valence-electron chi connectivity index (χ2n) is 4.67. The topological polar surface area (TPSA) is 50.7 Å². The van der Waals surface area contributed by atoms with Gasteiger partial charge in [0.05, 0.1) is 19.3 Å². The lowest BCUT2D eigenvalue weighted by molar-refractivity contribution is -0.0554. The second-order valence-corrected chi connectivity index (χ2v) is 4.67. The summed E-state index contributed by atoms with van der Waals surface area (Å²) in [5.74, 6) is 0.684. The van der Waals surface area contributed by atoms with Crippen LogP contribution in [-0.4, -0.2) is 43.3 Å². The van der Waals surface area contributed by atoms with Gasteiger partial charge in [0.2, 0.25) is 0 Å². The van der Waals surface area contributed by atoms with Crippen molar-refractivity contribution in [3.63, 3.8) is 0 Å². The highest BCUT2D eigenvalue weighted by Gasteiger charge is 2.28. The first-order chi connectivity index (χ1) is 7.25. The molecule has 0 saturated carbocycles. The van der Waals surface area contributed by atoms with Crippen molar-refractivity contribution in [1.82, 2.24) is 5.32 Å². The third-order valence-electron chi connectivity index (χ3n) is 3.24. The predicted molar refractivity (Wildman–Crippen MR) is 56.5 cm³/mol. The first-order valence-corrected chi connectivity index (χ1v) is 5.90. The molecular formula is C11H21NO3. The number of rotatable bonds is 4. The first-order valence-electron chi connectivity index (χ1n) is 5.90. The van der Waals surface area contributed by atoms with E-state index in [1.165, 1.54) is 0 Å². The molecule has 0 spiro atoms. The van der Waals surface area contributed by atoms with Crippen LogP contribution < -0.4 is 5.32 Å². The molecule has 15 heavy (non-hydrogen) atoms. The van der Waals surface area contributed by atoms with Crippen LogP contribution in [0, 0.1) is 5.92 Å². The molecule has 2 rings (SSSR count). The molecule has 4 heteroatoms. The van der Waals surface area contributed by atoms with E-state index in [1.807, 2.05) is 0 Å². The molecule has 2 saturated heterocycles. The summed E-state index contributed by atoms with van der Waals surface area (Å²) in [7, 11) is 0. The molecular weight excluding hydrogens is 194 g/mol. The van der Waals surface area contributed by atoms with Crippen molar-refractivity contribution in [1.29, 1.82) is 0 Å². The Morgan fingerprint density at radius 1 is 1.40 bits per heavy atom. The average Bonchev–Trinajstić information content (AvgIpc) is 2.84. The molecule has 0 radical (unpaired) electrons. The van der Waals surface area contributed by atoms with Crippen molar-refractivity contribution in [2.45, 2.75) is 44.6 Å². The first kappa shape index (κ1) is 11.3. The van der Waals surface area contributed by atoms with Gasteiger partial charge in [-0.2, -0.15) is 0 Å². The van der Waals surface area contributed by atoms with Crippen LogP contribution in [0.4, 0.5) is 0 Å². The van der Waals surface area contributed by atoms with E-state index in [-0.39, 0.29) is 18.4 Å². The lowest BCUT2D eigenvalue weighted by Crippen LogP contribution is -2.35. The third-order valence-corrected chi connectivity index (χ3v) is 3.24. The summed E-state index contributed by atoms with van der Waals surface area (Å²) in [5.41, 5.74) is 0. The van der Waals surface area contributed by atoms with Crippen LogP contribution >= 0.6 is 0 Å². The molecule has 3 atom stereocenters. The molecule has 0 amide bonds. The number of hydrogen-bond acceptors (Lipinski definition) is 4. The molecule has 1 unspecified atom stereocenters. The fraction of sp³-hybridized carbons (Fsp3) is 1.00. The number of ether oxygens (including phenoxy) is 2. The van der Waals surface area contributed by atoms with Crippen LogP contribution in [0.3, 0.4) is 0 Å². The van der Waals surface area contributed by atoms with Gasteiger partial charge in [0.1, 0.15) is 0 Å². The van der Waals surface area contributed by atoms with Crippen molar-refractivity contribution in [3.8, 4) is 0 Å². The Morgan fingerprint density at radius 3 is 2.73 bits per heavy atom. The van der Waals surface area contributed by atoms with Crippen molar-refractivity contribution >= 4 is 0 Å². The minimum atomic E-state index is -0.261. The minimum absolute atomic E-state index is 0.0847. The van der Waals surface area contributed by atoms with Crippen LogP contribution in [0.15, 0.2) is 0 Å². The Balaban J connectivity index is 1.65. The van der Waals surface area contributed by atoms with E-state index in [9.17, 15) is 5.11 Å². The normalized spacial score (nSPS) is 34.8. The van der Waals surface area contributed by atoms with Gasteiger partial charge in [0, 0.05) is 12.5 Å². The molecule has 2 fully saturated rings. The van der Waals surface area contributed by atoms with Gasteiger partial charge in [0.25, 0.3) is 0 Å². The van der Waals surface area contributed by atoms with Crippen molar-refractivity contribution in [3.05, 3.63) is 0 Å². The SMILES string of the molecule is C[C@@H]1CN[C@@H](C(O)CCC2OCCO2)C1. The smallest absolute Gasteiger partial charge is 0.157 e. The van der Waals surface area contributed by atoms with Gasteiger partial charge in [0.15, 0.2) is 6.29 Å². The van der Waals surface area contributed by atoms with Crippen molar-refractivity contribution in [2.75, 3.05) is 19.8 Å². The van der Waals surface area contributed by atoms with Gasteiger partial charge in [-0.05, 0) is 25.3 Å². The highest BCUT2D eigenvalue weighted by atomic mass is 16.7. The molecule has 2 heterocycles. The molecule has 0 aliphatic carbocycles. The molecule has 4 nitrogen and oxygen atoms in total. The molecule has 88 valence electrons. The lowest BCUT2D eigenvalue weighted by atomic mass is 10.0. The van der Waals surface area contributed by atoms with E-state index in [0.29, 0.717) is 19.1 Å². The number of aliphatic hydroxyl groups is 1. The van der Waals surface area contributed by atoms with E-state index in [2.05, 4.69) is 12.2 Å². The molecule has 2 aliphatic rings. The van der Waals surface area contributed by atoms with Gasteiger partial charge in [-0.15, -0.1) is 0 Å². The van der Waals surface area contributed by atoms with Crippen molar-refractivity contribution < 1.29 is 14.6 Å². The predicted octanol–water partition coefficient (Wildman–Crippen LogP) is 0.498. The Bertz CT molecular complexity index is 194. The summed E-state index contributed by atoms with van der Waals surface area (Å²) in [6, 6.07) is 0.265. The summed E-state index contributed by atoms with van der Waals surface area (Å²) in [6.45, 7) is 4.63. The quantitative estimate of drug-likeness (QED) is 0.717. The van der Waals surface area contributed by atoms with E-state index >= 15 is 0 Å². The van der Waals surface area contributed by atoms with Crippen LogP contribution in [0.1, 0.15) is 26.2 Å². The van der Waals surface area contributed by atoms with Crippen LogP contribution in [-0.2, 0) is 9.47 Å². The zero-order valence-electron chi connectivity index (χ0n) is 9.32.